The molecule has 1 aromatic rings. The van der Waals surface area contributed by atoms with E-state index in [4.69, 9.17) is 22.4 Å². The molecule has 0 saturated heterocycles. The van der Waals surface area contributed by atoms with E-state index in [0.29, 0.717) is 3.95 Å². The van der Waals surface area contributed by atoms with Crippen LogP contribution in [-0.4, -0.2) is 57.5 Å². The van der Waals surface area contributed by atoms with Gasteiger partial charge in [0, 0.05) is 13.1 Å². The van der Waals surface area contributed by atoms with Gasteiger partial charge in [0.05, 0.1) is 13.2 Å². The zero-order valence-electron chi connectivity index (χ0n) is 7.84. The predicted molar refractivity (Wildman–Crippen MR) is 57.4 cm³/mol. The molecular weight excluding hydrogens is 238 g/mol. The number of amides is 1. The van der Waals surface area contributed by atoms with Crippen LogP contribution in [0, 0.1) is 3.95 Å². The summed E-state index contributed by atoms with van der Waals surface area (Å²) in [5.41, 5.74) is 0. The van der Waals surface area contributed by atoms with Crippen LogP contribution in [0.1, 0.15) is 9.80 Å². The maximum absolute atomic E-state index is 11.7. The van der Waals surface area contributed by atoms with Crippen LogP contribution in [0.2, 0.25) is 0 Å². The standard InChI is InChI=1S/C7H11N3O3S2/c11-3-1-10(2-4-12)6(13)5-8-9-7(14)15-5/h11-12H,1-4H2,(H,9,14). The molecule has 0 aliphatic carbocycles. The van der Waals surface area contributed by atoms with E-state index in [-0.39, 0.29) is 37.2 Å². The van der Waals surface area contributed by atoms with Crippen LogP contribution < -0.4 is 0 Å². The topological polar surface area (TPSA) is 89.5 Å². The first kappa shape index (κ1) is 12.2. The highest BCUT2D eigenvalue weighted by molar-refractivity contribution is 7.73. The fourth-order valence-corrected chi connectivity index (χ4v) is 1.87. The van der Waals surface area contributed by atoms with Gasteiger partial charge in [-0.25, -0.2) is 0 Å². The van der Waals surface area contributed by atoms with E-state index in [2.05, 4.69) is 10.2 Å². The van der Waals surface area contributed by atoms with E-state index >= 15 is 0 Å². The molecule has 0 spiro atoms. The number of H-pyrrole nitrogens is 1. The van der Waals surface area contributed by atoms with Crippen LogP contribution in [0.4, 0.5) is 0 Å². The van der Waals surface area contributed by atoms with Gasteiger partial charge in [-0.3, -0.25) is 9.89 Å². The second kappa shape index (κ2) is 5.91. The summed E-state index contributed by atoms with van der Waals surface area (Å²) in [4.78, 5) is 13.0. The molecule has 0 aromatic carbocycles. The van der Waals surface area contributed by atoms with Crippen LogP contribution in [0.15, 0.2) is 0 Å². The number of aliphatic hydroxyl groups is 2. The SMILES string of the molecule is O=C(c1n[nH]c(=S)s1)N(CCO)CCO. The van der Waals surface area contributed by atoms with Gasteiger partial charge >= 0.3 is 0 Å². The summed E-state index contributed by atoms with van der Waals surface area (Å²) < 4.78 is 0.422. The van der Waals surface area contributed by atoms with Crippen molar-refractivity contribution < 1.29 is 15.0 Å². The Kier molecular flexibility index (Phi) is 4.82. The van der Waals surface area contributed by atoms with E-state index < -0.39 is 0 Å². The zero-order chi connectivity index (χ0) is 11.3. The third kappa shape index (κ3) is 3.34. The van der Waals surface area contributed by atoms with Crippen molar-refractivity contribution in [2.45, 2.75) is 0 Å². The number of hydrogen-bond acceptors (Lipinski definition) is 6. The van der Waals surface area contributed by atoms with Crippen LogP contribution in [0.3, 0.4) is 0 Å². The molecule has 0 radical (unpaired) electrons. The molecular formula is C7H11N3O3S2. The lowest BCUT2D eigenvalue weighted by Crippen LogP contribution is -2.35. The molecule has 1 heterocycles. The molecule has 8 heteroatoms. The molecule has 0 aliphatic heterocycles. The Labute approximate surface area is 95.2 Å². The monoisotopic (exact) mass is 249 g/mol. The Hall–Kier alpha value is -0.830. The number of carbonyl (C=O) groups is 1. The Morgan fingerprint density at radius 1 is 1.47 bits per heavy atom. The lowest BCUT2D eigenvalue weighted by atomic mass is 10.4. The molecule has 0 unspecified atom stereocenters. The van der Waals surface area contributed by atoms with Gasteiger partial charge in [-0.1, -0.05) is 11.3 Å². The Morgan fingerprint density at radius 2 is 2.07 bits per heavy atom. The van der Waals surface area contributed by atoms with Crippen molar-refractivity contribution in [3.63, 3.8) is 0 Å². The number of hydrogen-bond donors (Lipinski definition) is 3. The molecule has 1 rings (SSSR count). The third-order valence-corrected chi connectivity index (χ3v) is 2.73. The zero-order valence-corrected chi connectivity index (χ0v) is 9.48. The Morgan fingerprint density at radius 3 is 2.47 bits per heavy atom. The summed E-state index contributed by atoms with van der Waals surface area (Å²) in [7, 11) is 0. The second-order valence-electron chi connectivity index (χ2n) is 2.66. The van der Waals surface area contributed by atoms with Crippen molar-refractivity contribution in [1.29, 1.82) is 0 Å². The van der Waals surface area contributed by atoms with Gasteiger partial charge in [0.25, 0.3) is 5.91 Å². The highest BCUT2D eigenvalue weighted by atomic mass is 32.1. The first-order chi connectivity index (χ1) is 7.19. The molecule has 3 N–H and O–H groups in total. The van der Waals surface area contributed by atoms with Crippen molar-refractivity contribution >= 4 is 29.5 Å². The van der Waals surface area contributed by atoms with E-state index in [9.17, 15) is 4.79 Å². The number of aromatic nitrogens is 2. The van der Waals surface area contributed by atoms with Crippen LogP contribution in [0.25, 0.3) is 0 Å². The number of aliphatic hydroxyl groups excluding tert-OH is 2. The summed E-state index contributed by atoms with van der Waals surface area (Å²) >= 11 is 5.87. The summed E-state index contributed by atoms with van der Waals surface area (Å²) in [6.45, 7) is 0.0423. The van der Waals surface area contributed by atoms with Crippen molar-refractivity contribution in [2.75, 3.05) is 26.3 Å². The molecule has 6 nitrogen and oxygen atoms in total. The summed E-state index contributed by atoms with van der Waals surface area (Å²) in [6, 6.07) is 0. The average Bonchev–Trinajstić information content (AvgIpc) is 2.63. The Bertz CT molecular complexity index is 370. The van der Waals surface area contributed by atoms with Gasteiger partial charge in [-0.2, -0.15) is 5.10 Å². The molecule has 1 aromatic heterocycles. The molecule has 15 heavy (non-hydrogen) atoms. The molecule has 84 valence electrons. The first-order valence-corrected chi connectivity index (χ1v) is 5.48. The van der Waals surface area contributed by atoms with Gasteiger partial charge in [0.15, 0.2) is 3.95 Å². The molecule has 0 atom stereocenters. The van der Waals surface area contributed by atoms with Crippen LogP contribution in [0.5, 0.6) is 0 Å². The highest BCUT2D eigenvalue weighted by Crippen LogP contribution is 2.08. The van der Waals surface area contributed by atoms with Crippen molar-refractivity contribution in [1.82, 2.24) is 15.1 Å². The maximum atomic E-state index is 11.7. The smallest absolute Gasteiger partial charge is 0.284 e. The van der Waals surface area contributed by atoms with Crippen molar-refractivity contribution in [3.8, 4) is 0 Å². The summed E-state index contributed by atoms with van der Waals surface area (Å²) in [5, 5.41) is 24.0. The number of rotatable bonds is 5. The second-order valence-corrected chi connectivity index (χ2v) is 4.32. The van der Waals surface area contributed by atoms with E-state index in [1.165, 1.54) is 4.90 Å². The van der Waals surface area contributed by atoms with Gasteiger partial charge in [0.1, 0.15) is 0 Å². The van der Waals surface area contributed by atoms with E-state index in [1.54, 1.807) is 0 Å². The molecule has 1 amide bonds. The molecule has 0 aliphatic rings. The quantitative estimate of drug-likeness (QED) is 0.619. The highest BCUT2D eigenvalue weighted by Gasteiger charge is 2.17. The van der Waals surface area contributed by atoms with E-state index in [0.717, 1.165) is 11.3 Å². The third-order valence-electron chi connectivity index (χ3n) is 1.65. The fraction of sp³-hybridized carbons (Fsp3) is 0.571. The Balaban J connectivity index is 2.75. The van der Waals surface area contributed by atoms with E-state index in [1.807, 2.05) is 0 Å². The largest absolute Gasteiger partial charge is 0.395 e. The minimum Gasteiger partial charge on any atom is -0.395 e. The number of aromatic amines is 1. The number of carbonyl (C=O) groups excluding carboxylic acids is 1. The van der Waals surface area contributed by atoms with Crippen molar-refractivity contribution in [3.05, 3.63) is 8.96 Å². The lowest BCUT2D eigenvalue weighted by molar-refractivity contribution is 0.0683. The van der Waals surface area contributed by atoms with Gasteiger partial charge < -0.3 is 15.1 Å². The maximum Gasteiger partial charge on any atom is 0.284 e. The minimum atomic E-state index is -0.338. The predicted octanol–water partition coefficient (Wildman–Crippen LogP) is -0.373. The van der Waals surface area contributed by atoms with Crippen LogP contribution >= 0.6 is 23.6 Å². The van der Waals surface area contributed by atoms with Crippen molar-refractivity contribution in [2.24, 2.45) is 0 Å². The fourth-order valence-electron chi connectivity index (χ4n) is 1.01. The summed E-state index contributed by atoms with van der Waals surface area (Å²) in [5.74, 6) is -0.338. The van der Waals surface area contributed by atoms with Gasteiger partial charge in [-0.05, 0) is 12.2 Å². The lowest BCUT2D eigenvalue weighted by Gasteiger charge is -2.18. The van der Waals surface area contributed by atoms with Gasteiger partial charge in [0.2, 0.25) is 5.01 Å². The minimum absolute atomic E-state index is 0.151. The average molecular weight is 249 g/mol. The van der Waals surface area contributed by atoms with Crippen LogP contribution in [-0.2, 0) is 0 Å². The normalized spacial score (nSPS) is 10.3. The molecule has 0 bridgehead atoms. The molecule has 0 fully saturated rings. The number of nitrogens with one attached hydrogen (secondary N) is 1. The van der Waals surface area contributed by atoms with Gasteiger partial charge in [-0.15, -0.1) is 0 Å². The summed E-state index contributed by atoms with van der Waals surface area (Å²) in [6.07, 6.45) is 0. The number of nitrogens with zero attached hydrogens (tertiary/aromatic N) is 2. The first-order valence-electron chi connectivity index (χ1n) is 4.25. The molecule has 0 saturated carbocycles.